The summed E-state index contributed by atoms with van der Waals surface area (Å²) in [5, 5.41) is 12.0. The Balaban J connectivity index is 1.87. The fourth-order valence-corrected chi connectivity index (χ4v) is 2.15. The van der Waals surface area contributed by atoms with Crippen molar-refractivity contribution in [2.75, 3.05) is 0 Å². The molecule has 0 bridgehead atoms. The first kappa shape index (κ1) is 9.51. The van der Waals surface area contributed by atoms with Crippen molar-refractivity contribution in [3.8, 4) is 6.07 Å². The van der Waals surface area contributed by atoms with Crippen molar-refractivity contribution in [1.29, 1.82) is 5.26 Å². The number of nitrogens with one attached hydrogen (secondary N) is 1. The molecular formula is C11H16N2O. The summed E-state index contributed by atoms with van der Waals surface area (Å²) in [5.74, 6) is 0.683. The number of hydrogen-bond donors (Lipinski definition) is 1. The Morgan fingerprint density at radius 2 is 2.07 bits per heavy atom. The fourth-order valence-electron chi connectivity index (χ4n) is 2.15. The average molecular weight is 192 g/mol. The molecule has 2 saturated carbocycles. The smallest absolute Gasteiger partial charge is 0.221 e. The maximum atomic E-state index is 11.6. The molecule has 14 heavy (non-hydrogen) atoms. The standard InChI is InChI=1S/C11H16N2O/c12-8-11(5-1-2-6-11)13-10(14)7-9-3-4-9/h9H,1-7H2,(H,13,14). The number of carbonyl (C=O) groups excluding carboxylic acids is 1. The van der Waals surface area contributed by atoms with Crippen LogP contribution >= 0.6 is 0 Å². The minimum Gasteiger partial charge on any atom is -0.338 e. The summed E-state index contributed by atoms with van der Waals surface area (Å²) in [7, 11) is 0. The van der Waals surface area contributed by atoms with Crippen molar-refractivity contribution in [3.05, 3.63) is 0 Å². The summed E-state index contributed by atoms with van der Waals surface area (Å²) in [5.41, 5.74) is -0.522. The van der Waals surface area contributed by atoms with Crippen LogP contribution in [-0.4, -0.2) is 11.4 Å². The van der Waals surface area contributed by atoms with Crippen molar-refractivity contribution in [2.24, 2.45) is 5.92 Å². The quantitative estimate of drug-likeness (QED) is 0.740. The SMILES string of the molecule is N#CC1(NC(=O)CC2CC2)CCCC1. The van der Waals surface area contributed by atoms with E-state index in [1.165, 1.54) is 12.8 Å². The van der Waals surface area contributed by atoms with E-state index in [0.29, 0.717) is 12.3 Å². The summed E-state index contributed by atoms with van der Waals surface area (Å²) in [6.45, 7) is 0. The normalized spacial score (nSPS) is 24.2. The van der Waals surface area contributed by atoms with Crippen molar-refractivity contribution >= 4 is 5.91 Å². The van der Waals surface area contributed by atoms with Crippen LogP contribution in [0.1, 0.15) is 44.9 Å². The highest BCUT2D eigenvalue weighted by Crippen LogP contribution is 2.33. The van der Waals surface area contributed by atoms with Gasteiger partial charge < -0.3 is 5.32 Å². The average Bonchev–Trinajstić information content (AvgIpc) is 2.83. The highest BCUT2D eigenvalue weighted by molar-refractivity contribution is 5.77. The Labute approximate surface area is 84.5 Å². The number of nitrogens with zero attached hydrogens (tertiary/aromatic N) is 1. The molecule has 0 aliphatic heterocycles. The lowest BCUT2D eigenvalue weighted by molar-refractivity contribution is -0.122. The van der Waals surface area contributed by atoms with E-state index in [9.17, 15) is 4.79 Å². The summed E-state index contributed by atoms with van der Waals surface area (Å²) in [6.07, 6.45) is 6.80. The van der Waals surface area contributed by atoms with Crippen LogP contribution in [-0.2, 0) is 4.79 Å². The molecule has 0 aromatic carbocycles. The molecule has 0 heterocycles. The van der Waals surface area contributed by atoms with Gasteiger partial charge in [-0.1, -0.05) is 0 Å². The lowest BCUT2D eigenvalue weighted by Gasteiger charge is -2.21. The van der Waals surface area contributed by atoms with Crippen LogP contribution in [0.5, 0.6) is 0 Å². The van der Waals surface area contributed by atoms with E-state index < -0.39 is 5.54 Å². The van der Waals surface area contributed by atoms with Crippen LogP contribution in [0.2, 0.25) is 0 Å². The molecule has 0 radical (unpaired) electrons. The van der Waals surface area contributed by atoms with Crippen molar-refractivity contribution < 1.29 is 4.79 Å². The van der Waals surface area contributed by atoms with E-state index in [1.807, 2.05) is 0 Å². The van der Waals surface area contributed by atoms with Gasteiger partial charge in [0.25, 0.3) is 0 Å². The molecule has 3 nitrogen and oxygen atoms in total. The van der Waals surface area contributed by atoms with Gasteiger partial charge in [0.1, 0.15) is 5.54 Å². The van der Waals surface area contributed by atoms with Gasteiger partial charge in [0, 0.05) is 6.42 Å². The van der Waals surface area contributed by atoms with Gasteiger partial charge in [-0.3, -0.25) is 4.79 Å². The van der Waals surface area contributed by atoms with Crippen molar-refractivity contribution in [2.45, 2.75) is 50.5 Å². The van der Waals surface area contributed by atoms with Crippen LogP contribution in [0.25, 0.3) is 0 Å². The number of rotatable bonds is 3. The Kier molecular flexibility index (Phi) is 2.45. The van der Waals surface area contributed by atoms with Crippen LogP contribution in [0.15, 0.2) is 0 Å². The first-order valence-corrected chi connectivity index (χ1v) is 5.46. The van der Waals surface area contributed by atoms with Gasteiger partial charge >= 0.3 is 0 Å². The number of amides is 1. The van der Waals surface area contributed by atoms with Gasteiger partial charge in [-0.2, -0.15) is 5.26 Å². The maximum absolute atomic E-state index is 11.6. The number of carbonyl (C=O) groups is 1. The molecule has 3 heteroatoms. The molecule has 2 aliphatic carbocycles. The molecular weight excluding hydrogens is 176 g/mol. The zero-order valence-corrected chi connectivity index (χ0v) is 8.38. The Hall–Kier alpha value is -1.04. The van der Waals surface area contributed by atoms with Crippen LogP contribution in [0.3, 0.4) is 0 Å². The third kappa shape index (κ3) is 2.06. The van der Waals surface area contributed by atoms with Gasteiger partial charge in [-0.25, -0.2) is 0 Å². The van der Waals surface area contributed by atoms with Gasteiger partial charge in [0.2, 0.25) is 5.91 Å². The highest BCUT2D eigenvalue weighted by atomic mass is 16.1. The summed E-state index contributed by atoms with van der Waals surface area (Å²) < 4.78 is 0. The Bertz CT molecular complexity index is 270. The largest absolute Gasteiger partial charge is 0.338 e. The van der Waals surface area contributed by atoms with E-state index in [2.05, 4.69) is 11.4 Å². The molecule has 76 valence electrons. The van der Waals surface area contributed by atoms with E-state index in [1.54, 1.807) is 0 Å². The van der Waals surface area contributed by atoms with Crippen LogP contribution < -0.4 is 5.32 Å². The molecule has 0 aromatic heterocycles. The van der Waals surface area contributed by atoms with Crippen LogP contribution in [0, 0.1) is 17.2 Å². The molecule has 0 atom stereocenters. The zero-order chi connectivity index (χ0) is 10.0. The zero-order valence-electron chi connectivity index (χ0n) is 8.38. The molecule has 1 amide bonds. The first-order valence-electron chi connectivity index (χ1n) is 5.46. The van der Waals surface area contributed by atoms with E-state index in [0.717, 1.165) is 25.7 Å². The molecule has 0 unspecified atom stereocenters. The number of hydrogen-bond acceptors (Lipinski definition) is 2. The van der Waals surface area contributed by atoms with Crippen molar-refractivity contribution in [3.63, 3.8) is 0 Å². The van der Waals surface area contributed by atoms with Gasteiger partial charge in [0.05, 0.1) is 6.07 Å². The second-order valence-corrected chi connectivity index (χ2v) is 4.60. The van der Waals surface area contributed by atoms with Gasteiger partial charge in [-0.05, 0) is 44.4 Å². The topological polar surface area (TPSA) is 52.9 Å². The maximum Gasteiger partial charge on any atom is 0.221 e. The number of nitriles is 1. The third-order valence-electron chi connectivity index (χ3n) is 3.22. The molecule has 1 N–H and O–H groups in total. The second-order valence-electron chi connectivity index (χ2n) is 4.60. The predicted octanol–water partition coefficient (Wildman–Crippen LogP) is 1.74. The summed E-state index contributed by atoms with van der Waals surface area (Å²) >= 11 is 0. The fraction of sp³-hybridized carbons (Fsp3) is 0.818. The van der Waals surface area contributed by atoms with E-state index >= 15 is 0 Å². The molecule has 0 aromatic rings. The monoisotopic (exact) mass is 192 g/mol. The second kappa shape index (κ2) is 3.61. The van der Waals surface area contributed by atoms with Gasteiger partial charge in [0.15, 0.2) is 0 Å². The Morgan fingerprint density at radius 1 is 1.43 bits per heavy atom. The minimum atomic E-state index is -0.522. The van der Waals surface area contributed by atoms with E-state index in [4.69, 9.17) is 5.26 Å². The molecule has 0 saturated heterocycles. The summed E-state index contributed by atoms with van der Waals surface area (Å²) in [6, 6.07) is 2.27. The first-order chi connectivity index (χ1) is 6.74. The molecule has 2 fully saturated rings. The van der Waals surface area contributed by atoms with E-state index in [-0.39, 0.29) is 5.91 Å². The molecule has 2 aliphatic rings. The lowest BCUT2D eigenvalue weighted by atomic mass is 9.99. The summed E-state index contributed by atoms with van der Waals surface area (Å²) in [4.78, 5) is 11.6. The highest BCUT2D eigenvalue weighted by Gasteiger charge is 2.36. The lowest BCUT2D eigenvalue weighted by Crippen LogP contribution is -2.45. The molecule has 0 spiro atoms. The van der Waals surface area contributed by atoms with Gasteiger partial charge in [-0.15, -0.1) is 0 Å². The minimum absolute atomic E-state index is 0.0796. The molecule has 2 rings (SSSR count). The van der Waals surface area contributed by atoms with Crippen molar-refractivity contribution in [1.82, 2.24) is 5.32 Å². The third-order valence-corrected chi connectivity index (χ3v) is 3.22. The Morgan fingerprint density at radius 3 is 2.57 bits per heavy atom. The van der Waals surface area contributed by atoms with Crippen LogP contribution in [0.4, 0.5) is 0 Å². The predicted molar refractivity (Wildman–Crippen MR) is 52.3 cm³/mol.